The molecule has 3 atom stereocenters. The van der Waals surface area contributed by atoms with Crippen LogP contribution in [0.15, 0.2) is 48.5 Å². The minimum absolute atomic E-state index is 0.149. The molecule has 4 saturated heterocycles. The van der Waals surface area contributed by atoms with E-state index in [0.717, 1.165) is 58.1 Å². The molecule has 5 heterocycles. The molecule has 232 valence electrons. The number of hydrogen-bond acceptors (Lipinski definition) is 8. The Bertz CT molecular complexity index is 1890. The highest BCUT2D eigenvalue weighted by Gasteiger charge is 2.49. The Balaban J connectivity index is 1.21. The smallest absolute Gasteiger partial charge is 0.319 e. The van der Waals surface area contributed by atoms with Crippen LogP contribution in [0.4, 0.5) is 10.2 Å². The maximum atomic E-state index is 14.5. The van der Waals surface area contributed by atoms with Gasteiger partial charge in [-0.3, -0.25) is 9.11 Å². The number of ether oxygens (including phenoxy) is 2. The number of phenols is 1. The van der Waals surface area contributed by atoms with Gasteiger partial charge in [0.2, 0.25) is 0 Å². The molecule has 8 nitrogen and oxygen atoms in total. The van der Waals surface area contributed by atoms with E-state index >= 15 is 0 Å². The van der Waals surface area contributed by atoms with Crippen LogP contribution < -0.4 is 9.64 Å². The van der Waals surface area contributed by atoms with Crippen molar-refractivity contribution in [1.82, 2.24) is 14.9 Å². The number of terminal acetylenes is 1. The highest BCUT2D eigenvalue weighted by molar-refractivity contribution is 7.86. The maximum absolute atomic E-state index is 14.5. The number of aromatic hydroxyl groups is 1. The summed E-state index contributed by atoms with van der Waals surface area (Å²) in [5.41, 5.74) is 2.77. The SMILES string of the molecule is C#Cc1cccc2cc(O)cc(-c3ccc4c(N5CCC6(CC5)OCCS6=O)nc(OC[C@@]56CCCN5C[C@H](F)C6)nc4c3)c12. The van der Waals surface area contributed by atoms with Gasteiger partial charge in [-0.1, -0.05) is 24.1 Å². The summed E-state index contributed by atoms with van der Waals surface area (Å²) in [5.74, 6) is 4.27. The molecule has 0 saturated carbocycles. The Labute approximate surface area is 264 Å². The van der Waals surface area contributed by atoms with E-state index in [1.165, 1.54) is 0 Å². The molecule has 1 aromatic heterocycles. The van der Waals surface area contributed by atoms with Gasteiger partial charge >= 0.3 is 6.01 Å². The minimum Gasteiger partial charge on any atom is -0.508 e. The summed E-state index contributed by atoms with van der Waals surface area (Å²) in [4.78, 5) is 13.7. The van der Waals surface area contributed by atoms with E-state index in [4.69, 9.17) is 25.9 Å². The maximum Gasteiger partial charge on any atom is 0.319 e. The van der Waals surface area contributed by atoms with Gasteiger partial charge in [0.15, 0.2) is 0 Å². The highest BCUT2D eigenvalue weighted by Crippen LogP contribution is 2.42. The van der Waals surface area contributed by atoms with Gasteiger partial charge in [-0.05, 0) is 66.2 Å². The first-order chi connectivity index (χ1) is 21.9. The van der Waals surface area contributed by atoms with Gasteiger partial charge in [-0.25, -0.2) is 4.39 Å². The number of rotatable bonds is 5. The summed E-state index contributed by atoms with van der Waals surface area (Å²) in [6.07, 6.45) is 8.73. The van der Waals surface area contributed by atoms with E-state index in [1.807, 2.05) is 36.4 Å². The molecule has 0 amide bonds. The second-order valence-electron chi connectivity index (χ2n) is 12.8. The van der Waals surface area contributed by atoms with Crippen LogP contribution in [0.25, 0.3) is 32.8 Å². The van der Waals surface area contributed by atoms with Crippen LogP contribution in [0.1, 0.15) is 37.7 Å². The molecular formula is C35H35FN4O4S. The number of phenolic OH excluding ortho intramolecular Hbond substituents is 1. The molecule has 4 fully saturated rings. The molecule has 8 rings (SSSR count). The molecule has 3 aromatic carbocycles. The Morgan fingerprint density at radius 2 is 2.00 bits per heavy atom. The summed E-state index contributed by atoms with van der Waals surface area (Å²) in [7, 11) is -0.999. The number of aromatic nitrogens is 2. The molecule has 1 N–H and O–H groups in total. The van der Waals surface area contributed by atoms with Crippen molar-refractivity contribution in [3.05, 3.63) is 54.1 Å². The third kappa shape index (κ3) is 4.84. The van der Waals surface area contributed by atoms with Gasteiger partial charge in [0.1, 0.15) is 29.3 Å². The number of alkyl halides is 1. The zero-order valence-corrected chi connectivity index (χ0v) is 25.8. The summed E-state index contributed by atoms with van der Waals surface area (Å²) < 4.78 is 39.6. The van der Waals surface area contributed by atoms with Crippen molar-refractivity contribution >= 4 is 38.3 Å². The lowest BCUT2D eigenvalue weighted by molar-refractivity contribution is 0.0309. The largest absolute Gasteiger partial charge is 0.508 e. The molecule has 4 aliphatic heterocycles. The fourth-order valence-electron chi connectivity index (χ4n) is 7.96. The molecule has 0 aliphatic carbocycles. The van der Waals surface area contributed by atoms with Gasteiger partial charge < -0.3 is 19.5 Å². The zero-order chi connectivity index (χ0) is 30.8. The van der Waals surface area contributed by atoms with Crippen molar-refractivity contribution in [3.63, 3.8) is 0 Å². The van der Waals surface area contributed by atoms with Gasteiger partial charge in [0.25, 0.3) is 0 Å². The third-order valence-electron chi connectivity index (χ3n) is 10.2. The number of halogens is 1. The van der Waals surface area contributed by atoms with Crippen LogP contribution in [0, 0.1) is 12.3 Å². The van der Waals surface area contributed by atoms with Crippen molar-refractivity contribution in [2.24, 2.45) is 0 Å². The van der Waals surface area contributed by atoms with Crippen LogP contribution in [-0.4, -0.2) is 86.0 Å². The third-order valence-corrected chi connectivity index (χ3v) is 12.1. The number of nitrogens with zero attached hydrogens (tertiary/aromatic N) is 4. The molecule has 1 spiro atoms. The van der Waals surface area contributed by atoms with Crippen molar-refractivity contribution < 1.29 is 23.2 Å². The summed E-state index contributed by atoms with van der Waals surface area (Å²) in [5, 5.41) is 13.2. The number of anilines is 1. The van der Waals surface area contributed by atoms with Crippen LogP contribution >= 0.6 is 0 Å². The van der Waals surface area contributed by atoms with Crippen molar-refractivity contribution in [1.29, 1.82) is 0 Å². The van der Waals surface area contributed by atoms with Gasteiger partial charge in [-0.15, -0.1) is 6.42 Å². The molecule has 4 aliphatic rings. The Kier molecular flexibility index (Phi) is 6.97. The second kappa shape index (κ2) is 10.9. The molecule has 45 heavy (non-hydrogen) atoms. The van der Waals surface area contributed by atoms with Crippen LogP contribution in [0.3, 0.4) is 0 Å². The predicted octanol–water partition coefficient (Wildman–Crippen LogP) is 5.17. The lowest BCUT2D eigenvalue weighted by Crippen LogP contribution is -2.46. The predicted molar refractivity (Wildman–Crippen MR) is 174 cm³/mol. The fourth-order valence-corrected chi connectivity index (χ4v) is 9.42. The molecule has 0 bridgehead atoms. The average molecular weight is 627 g/mol. The number of benzene rings is 3. The summed E-state index contributed by atoms with van der Waals surface area (Å²) in [6.45, 7) is 3.48. The lowest BCUT2D eigenvalue weighted by atomic mass is 9.93. The lowest BCUT2D eigenvalue weighted by Gasteiger charge is -2.38. The average Bonchev–Trinajstić information content (AvgIpc) is 3.70. The first-order valence-electron chi connectivity index (χ1n) is 15.7. The molecular weight excluding hydrogens is 591 g/mol. The monoisotopic (exact) mass is 626 g/mol. The standard InChI is InChI=1S/C35H35FN4O4S/c1-2-23-5-3-6-25-17-27(41)19-29(31(23)25)24-7-8-28-30(18-24)37-33(43-22-34-9-4-12-40(34)21-26(36)20-34)38-32(28)39-13-10-35(11-14-39)44-15-16-45(35)42/h1,3,5-8,17-19,26,41H,4,9-16,20-22H2/t26-,34+,45?/m1/s1. The molecule has 10 heteroatoms. The number of piperidine rings is 1. The van der Waals surface area contributed by atoms with Crippen LogP contribution in [0.5, 0.6) is 11.8 Å². The Morgan fingerprint density at radius 3 is 2.80 bits per heavy atom. The van der Waals surface area contributed by atoms with Gasteiger partial charge in [0.05, 0.1) is 28.5 Å². The zero-order valence-electron chi connectivity index (χ0n) is 25.0. The number of hydrogen-bond donors (Lipinski definition) is 1. The molecule has 1 unspecified atom stereocenters. The van der Waals surface area contributed by atoms with Gasteiger partial charge in [0, 0.05) is 61.0 Å². The van der Waals surface area contributed by atoms with E-state index in [-0.39, 0.29) is 17.3 Å². The van der Waals surface area contributed by atoms with Crippen LogP contribution in [-0.2, 0) is 15.5 Å². The van der Waals surface area contributed by atoms with Crippen molar-refractivity contribution in [2.45, 2.75) is 48.7 Å². The van der Waals surface area contributed by atoms with Gasteiger partial charge in [-0.2, -0.15) is 9.97 Å². The quantitative estimate of drug-likeness (QED) is 0.304. The molecule has 4 aromatic rings. The Morgan fingerprint density at radius 1 is 1.13 bits per heavy atom. The van der Waals surface area contributed by atoms with Crippen molar-refractivity contribution in [2.75, 3.05) is 50.0 Å². The minimum atomic E-state index is -0.999. The second-order valence-corrected chi connectivity index (χ2v) is 14.6. The van der Waals surface area contributed by atoms with E-state index in [0.29, 0.717) is 63.4 Å². The highest BCUT2D eigenvalue weighted by atomic mass is 32.2. The number of fused-ring (bicyclic) bond motifs is 3. The summed E-state index contributed by atoms with van der Waals surface area (Å²) >= 11 is 0. The van der Waals surface area contributed by atoms with E-state index in [1.54, 1.807) is 12.1 Å². The van der Waals surface area contributed by atoms with Crippen LogP contribution in [0.2, 0.25) is 0 Å². The fraction of sp³-hybridized carbons (Fsp3) is 0.429. The van der Waals surface area contributed by atoms with E-state index in [2.05, 4.69) is 15.7 Å². The van der Waals surface area contributed by atoms with E-state index < -0.39 is 21.9 Å². The topological polar surface area (TPSA) is 88.0 Å². The first kappa shape index (κ1) is 28.7. The first-order valence-corrected chi connectivity index (χ1v) is 17.0. The van der Waals surface area contributed by atoms with Crippen molar-refractivity contribution in [3.8, 4) is 35.2 Å². The Hall–Kier alpha value is -3.78. The molecule has 0 radical (unpaired) electrons. The summed E-state index contributed by atoms with van der Waals surface area (Å²) in [6, 6.07) is 15.4. The van der Waals surface area contributed by atoms with E-state index in [9.17, 15) is 13.7 Å². The normalized spacial score (nSPS) is 26.1.